The number of carbonyl (C=O) groups excluding carboxylic acids is 1. The first-order chi connectivity index (χ1) is 10.3. The summed E-state index contributed by atoms with van der Waals surface area (Å²) in [7, 11) is 0. The zero-order chi connectivity index (χ0) is 16.6. The van der Waals surface area contributed by atoms with E-state index in [1.807, 2.05) is 20.8 Å². The lowest BCUT2D eigenvalue weighted by atomic mass is 9.93. The van der Waals surface area contributed by atoms with Gasteiger partial charge in [0.1, 0.15) is 5.60 Å². The van der Waals surface area contributed by atoms with Gasteiger partial charge in [0, 0.05) is 17.9 Å². The maximum atomic E-state index is 11.7. The molecular weight excluding hydrogens is 284 g/mol. The van der Waals surface area contributed by atoms with Crippen molar-refractivity contribution in [1.29, 1.82) is 0 Å². The fourth-order valence-electron chi connectivity index (χ4n) is 2.26. The Morgan fingerprint density at radius 3 is 2.50 bits per heavy atom. The summed E-state index contributed by atoms with van der Waals surface area (Å²) in [4.78, 5) is 21.7. The Balaban J connectivity index is 2.40. The molecule has 6 nitrogen and oxygen atoms in total. The molecule has 22 heavy (non-hydrogen) atoms. The topological polar surface area (TPSA) is 81.5 Å². The van der Waals surface area contributed by atoms with E-state index >= 15 is 0 Å². The summed E-state index contributed by atoms with van der Waals surface area (Å²) in [5.74, 6) is 0. The Kier molecular flexibility index (Phi) is 7.08. The third kappa shape index (κ3) is 7.81. The van der Waals surface area contributed by atoms with Gasteiger partial charge in [-0.1, -0.05) is 12.2 Å². The summed E-state index contributed by atoms with van der Waals surface area (Å²) in [6, 6.07) is 0. The molecular formula is C16H26N2O4. The lowest BCUT2D eigenvalue weighted by Gasteiger charge is -2.21. The standard InChI is InChI=1S/C16H26N2O4/c1-16(2,3)22-15(19)17-12-14-10-5-4-8-13(14)9-6-7-11-18(20)21/h8,10H,4-7,9,11-12H2,1-3H3,(H,17,19). The van der Waals surface area contributed by atoms with Crippen molar-refractivity contribution in [3.05, 3.63) is 33.4 Å². The van der Waals surface area contributed by atoms with Crippen LogP contribution in [0.2, 0.25) is 0 Å². The monoisotopic (exact) mass is 310 g/mol. The molecule has 0 aromatic carbocycles. The van der Waals surface area contributed by atoms with Gasteiger partial charge in [0.15, 0.2) is 0 Å². The van der Waals surface area contributed by atoms with Crippen molar-refractivity contribution in [3.63, 3.8) is 0 Å². The van der Waals surface area contributed by atoms with Gasteiger partial charge in [-0.3, -0.25) is 10.1 Å². The molecule has 0 bridgehead atoms. The number of unbranched alkanes of at least 4 members (excludes halogenated alkanes) is 1. The molecule has 0 aliphatic heterocycles. The van der Waals surface area contributed by atoms with Crippen LogP contribution in [0.15, 0.2) is 23.3 Å². The van der Waals surface area contributed by atoms with Crippen molar-refractivity contribution in [2.24, 2.45) is 0 Å². The predicted molar refractivity (Wildman–Crippen MR) is 85.3 cm³/mol. The highest BCUT2D eigenvalue weighted by Crippen LogP contribution is 2.23. The van der Waals surface area contributed by atoms with Gasteiger partial charge in [-0.05, 0) is 57.6 Å². The smallest absolute Gasteiger partial charge is 0.407 e. The zero-order valence-electron chi connectivity index (χ0n) is 13.7. The summed E-state index contributed by atoms with van der Waals surface area (Å²) >= 11 is 0. The minimum absolute atomic E-state index is 0.0164. The third-order valence-electron chi connectivity index (χ3n) is 3.22. The first-order valence-electron chi connectivity index (χ1n) is 7.75. The van der Waals surface area contributed by atoms with Crippen LogP contribution in [0.4, 0.5) is 4.79 Å². The number of nitrogens with one attached hydrogen (secondary N) is 1. The molecule has 0 unspecified atom stereocenters. The number of allylic oxidation sites excluding steroid dienone is 2. The van der Waals surface area contributed by atoms with Gasteiger partial charge in [0.05, 0.1) is 0 Å². The summed E-state index contributed by atoms with van der Waals surface area (Å²) in [6.45, 7) is 5.94. The molecule has 0 saturated carbocycles. The highest BCUT2D eigenvalue weighted by atomic mass is 16.6. The number of rotatable bonds is 7. The number of hydrogen-bond donors (Lipinski definition) is 1. The van der Waals surface area contributed by atoms with Crippen molar-refractivity contribution in [2.75, 3.05) is 13.1 Å². The number of alkyl carbamates (subject to hydrolysis) is 1. The Bertz CT molecular complexity index is 461. The summed E-state index contributed by atoms with van der Waals surface area (Å²) in [5.41, 5.74) is 1.77. The van der Waals surface area contributed by atoms with E-state index in [1.54, 1.807) is 0 Å². The number of amides is 1. The van der Waals surface area contributed by atoms with Gasteiger partial charge in [0.2, 0.25) is 6.54 Å². The highest BCUT2D eigenvalue weighted by molar-refractivity contribution is 5.68. The molecule has 0 fully saturated rings. The van der Waals surface area contributed by atoms with E-state index in [4.69, 9.17) is 4.74 Å². The molecule has 0 heterocycles. The molecule has 0 radical (unpaired) electrons. The molecule has 1 aliphatic rings. The van der Waals surface area contributed by atoms with E-state index in [2.05, 4.69) is 17.5 Å². The highest BCUT2D eigenvalue weighted by Gasteiger charge is 2.17. The molecule has 0 spiro atoms. The lowest BCUT2D eigenvalue weighted by molar-refractivity contribution is -0.480. The molecule has 1 rings (SSSR count). The van der Waals surface area contributed by atoms with Crippen LogP contribution in [0, 0.1) is 10.1 Å². The van der Waals surface area contributed by atoms with Crippen LogP contribution in [-0.2, 0) is 4.74 Å². The molecule has 0 atom stereocenters. The molecule has 124 valence electrons. The average molecular weight is 310 g/mol. The number of nitro groups is 1. The lowest BCUT2D eigenvalue weighted by Crippen LogP contribution is -2.33. The van der Waals surface area contributed by atoms with Gasteiger partial charge in [0.25, 0.3) is 0 Å². The van der Waals surface area contributed by atoms with Crippen LogP contribution in [0.1, 0.15) is 52.9 Å². The fraction of sp³-hybridized carbons (Fsp3) is 0.688. The van der Waals surface area contributed by atoms with Crippen molar-refractivity contribution in [1.82, 2.24) is 5.32 Å². The first kappa shape index (κ1) is 18.2. The predicted octanol–water partition coefficient (Wildman–Crippen LogP) is 3.60. The van der Waals surface area contributed by atoms with Crippen LogP contribution >= 0.6 is 0 Å². The second-order valence-electron chi connectivity index (χ2n) is 6.40. The van der Waals surface area contributed by atoms with E-state index < -0.39 is 11.7 Å². The Morgan fingerprint density at radius 1 is 1.27 bits per heavy atom. The molecule has 1 N–H and O–H groups in total. The Morgan fingerprint density at radius 2 is 1.91 bits per heavy atom. The van der Waals surface area contributed by atoms with E-state index in [0.717, 1.165) is 31.3 Å². The third-order valence-corrected chi connectivity index (χ3v) is 3.22. The summed E-state index contributed by atoms with van der Waals surface area (Å²) in [6.07, 6.45) is 8.00. The zero-order valence-corrected chi connectivity index (χ0v) is 13.7. The van der Waals surface area contributed by atoms with E-state index in [-0.39, 0.29) is 11.5 Å². The van der Waals surface area contributed by atoms with Crippen LogP contribution in [0.25, 0.3) is 0 Å². The van der Waals surface area contributed by atoms with Gasteiger partial charge in [-0.25, -0.2) is 4.79 Å². The van der Waals surface area contributed by atoms with Crippen molar-refractivity contribution >= 4 is 6.09 Å². The van der Waals surface area contributed by atoms with Gasteiger partial charge < -0.3 is 10.1 Å². The van der Waals surface area contributed by atoms with Gasteiger partial charge in [-0.15, -0.1) is 0 Å². The minimum Gasteiger partial charge on any atom is -0.444 e. The van der Waals surface area contributed by atoms with Gasteiger partial charge in [-0.2, -0.15) is 0 Å². The number of carbonyl (C=O) groups is 1. The summed E-state index contributed by atoms with van der Waals surface area (Å²) < 4.78 is 5.22. The number of ether oxygens (including phenoxy) is 1. The molecule has 1 aliphatic carbocycles. The molecule has 6 heteroatoms. The normalized spacial score (nSPS) is 14.9. The maximum absolute atomic E-state index is 11.7. The van der Waals surface area contributed by atoms with Crippen molar-refractivity contribution < 1.29 is 14.5 Å². The molecule has 0 saturated heterocycles. The largest absolute Gasteiger partial charge is 0.444 e. The molecule has 1 amide bonds. The van der Waals surface area contributed by atoms with Gasteiger partial charge >= 0.3 is 6.09 Å². The SMILES string of the molecule is CC(C)(C)OC(=O)NCC1=CCCC=C1CCCC[N+](=O)[O-]. The van der Waals surface area contributed by atoms with E-state index in [1.165, 1.54) is 5.57 Å². The maximum Gasteiger partial charge on any atom is 0.407 e. The second-order valence-corrected chi connectivity index (χ2v) is 6.40. The van der Waals surface area contributed by atoms with Crippen LogP contribution in [-0.4, -0.2) is 29.7 Å². The van der Waals surface area contributed by atoms with Crippen LogP contribution in [0.3, 0.4) is 0 Å². The Labute approximate surface area is 131 Å². The summed E-state index contributed by atoms with van der Waals surface area (Å²) in [5, 5.41) is 13.1. The van der Waals surface area contributed by atoms with E-state index in [0.29, 0.717) is 13.0 Å². The number of hydrogen-bond acceptors (Lipinski definition) is 4. The molecule has 0 aromatic rings. The quantitative estimate of drug-likeness (QED) is 0.442. The average Bonchev–Trinajstić information content (AvgIpc) is 2.40. The Hall–Kier alpha value is -1.85. The number of nitrogens with zero attached hydrogens (tertiary/aromatic N) is 1. The second kappa shape index (κ2) is 8.56. The molecule has 0 aromatic heterocycles. The van der Waals surface area contributed by atoms with Crippen LogP contribution in [0.5, 0.6) is 0 Å². The van der Waals surface area contributed by atoms with Crippen molar-refractivity contribution in [3.8, 4) is 0 Å². The first-order valence-corrected chi connectivity index (χ1v) is 7.75. The van der Waals surface area contributed by atoms with E-state index in [9.17, 15) is 14.9 Å². The minimum atomic E-state index is -0.508. The fourth-order valence-corrected chi connectivity index (χ4v) is 2.26. The van der Waals surface area contributed by atoms with Crippen molar-refractivity contribution in [2.45, 2.75) is 58.5 Å². The van der Waals surface area contributed by atoms with Crippen LogP contribution < -0.4 is 5.32 Å².